The van der Waals surface area contributed by atoms with Crippen LogP contribution in [0.5, 0.6) is 0 Å². The first-order valence-corrected chi connectivity index (χ1v) is 20.5. The average molecular weight is 764 g/mol. The molecule has 0 fully saturated rings. The normalized spacial score (nSPS) is 12.0. The minimum atomic E-state index is 0.0362. The summed E-state index contributed by atoms with van der Waals surface area (Å²) in [6.45, 7) is 9.62. The fourth-order valence-electron chi connectivity index (χ4n) is 8.36. The van der Waals surface area contributed by atoms with Crippen LogP contribution in [0.25, 0.3) is 77.6 Å². The van der Waals surface area contributed by atoms with E-state index in [0.29, 0.717) is 6.54 Å². The van der Waals surface area contributed by atoms with Gasteiger partial charge in [0.05, 0.1) is 11.0 Å². The Labute approximate surface area is 348 Å². The van der Waals surface area contributed by atoms with E-state index < -0.39 is 0 Å². The van der Waals surface area contributed by atoms with Crippen LogP contribution >= 0.6 is 0 Å². The molecule has 0 atom stereocenters. The summed E-state index contributed by atoms with van der Waals surface area (Å²) in [6.07, 6.45) is 1.74. The summed E-state index contributed by atoms with van der Waals surface area (Å²) >= 11 is 0. The molecule has 0 aliphatic rings. The second kappa shape index (κ2) is 15.7. The third-order valence-corrected chi connectivity index (χ3v) is 11.6. The average Bonchev–Trinajstić information content (AvgIpc) is 3.60. The summed E-state index contributed by atoms with van der Waals surface area (Å²) in [5.41, 5.74) is 25.2. The van der Waals surface area contributed by atoms with Gasteiger partial charge in [-0.3, -0.25) is 0 Å². The minimum Gasteiger partial charge on any atom is -0.404 e. The molecule has 0 aliphatic carbocycles. The highest BCUT2D eigenvalue weighted by molar-refractivity contribution is 6.11. The van der Waals surface area contributed by atoms with E-state index in [1.165, 1.54) is 66.3 Å². The molecule has 1 aromatic heterocycles. The van der Waals surface area contributed by atoms with E-state index in [4.69, 9.17) is 5.73 Å². The van der Waals surface area contributed by atoms with Crippen LogP contribution in [0.4, 0.5) is 5.69 Å². The number of nitrogens with one attached hydrogen (secondary N) is 1. The quantitative estimate of drug-likeness (QED) is 0.154. The summed E-state index contributed by atoms with van der Waals surface area (Å²) < 4.78 is 2.40. The van der Waals surface area contributed by atoms with Gasteiger partial charge in [-0.05, 0) is 140 Å². The van der Waals surface area contributed by atoms with E-state index >= 15 is 0 Å². The lowest BCUT2D eigenvalue weighted by Crippen LogP contribution is -2.10. The zero-order valence-corrected chi connectivity index (χ0v) is 34.2. The minimum absolute atomic E-state index is 0.0362. The summed E-state index contributed by atoms with van der Waals surface area (Å²) in [5.74, 6) is 0. The molecule has 0 spiro atoms. The third-order valence-electron chi connectivity index (χ3n) is 11.6. The van der Waals surface area contributed by atoms with Crippen molar-refractivity contribution in [2.75, 3.05) is 11.9 Å². The van der Waals surface area contributed by atoms with Crippen molar-refractivity contribution < 1.29 is 0 Å². The highest BCUT2D eigenvalue weighted by atomic mass is 15.0. The number of hydrogen-bond acceptors (Lipinski definition) is 2. The maximum Gasteiger partial charge on any atom is 0.0541 e. The van der Waals surface area contributed by atoms with Crippen molar-refractivity contribution in [3.05, 3.63) is 211 Å². The van der Waals surface area contributed by atoms with Crippen LogP contribution < -0.4 is 11.1 Å². The van der Waals surface area contributed by atoms with E-state index in [9.17, 15) is 0 Å². The summed E-state index contributed by atoms with van der Waals surface area (Å²) in [5, 5.41) is 6.32. The molecule has 59 heavy (non-hydrogen) atoms. The molecule has 1 heterocycles. The lowest BCUT2D eigenvalue weighted by molar-refractivity contribution is 0.591. The van der Waals surface area contributed by atoms with Crippen LogP contribution in [0.2, 0.25) is 0 Å². The number of aromatic nitrogens is 1. The van der Waals surface area contributed by atoms with E-state index in [-0.39, 0.29) is 5.41 Å². The predicted molar refractivity (Wildman–Crippen MR) is 253 cm³/mol. The molecule has 0 radical (unpaired) electrons. The van der Waals surface area contributed by atoms with Crippen LogP contribution in [0, 0.1) is 6.92 Å². The molecular formula is C56H49N3. The van der Waals surface area contributed by atoms with Gasteiger partial charge in [0.1, 0.15) is 0 Å². The number of benzene rings is 8. The molecule has 0 amide bonds. The maximum absolute atomic E-state index is 6.38. The molecule has 9 rings (SSSR count). The standard InChI is InChI=1S/C56H49N3/c1-38-15-11-12-24-49(38)50-33-44(45-26-29-54-51(34-45)52-35-47(56(2,3)4)27-30-55(52)59(54)48-22-9-6-10-23-48)25-28-53(50)58-37-46(36-57)43-21-14-20-42(32-43)41-19-13-18-40(31-41)39-16-7-5-8-17-39/h5-36,58H,37,57H2,1-4H3/b46-36+. The highest BCUT2D eigenvalue weighted by Gasteiger charge is 2.19. The molecule has 288 valence electrons. The fraction of sp³-hybridized carbons (Fsp3) is 0.107. The van der Waals surface area contributed by atoms with E-state index in [2.05, 4.69) is 226 Å². The van der Waals surface area contributed by atoms with E-state index in [1.54, 1.807) is 6.20 Å². The highest BCUT2D eigenvalue weighted by Crippen LogP contribution is 2.40. The van der Waals surface area contributed by atoms with Crippen LogP contribution in [-0.4, -0.2) is 11.1 Å². The fourth-order valence-corrected chi connectivity index (χ4v) is 8.36. The molecular weight excluding hydrogens is 715 g/mol. The topological polar surface area (TPSA) is 43.0 Å². The van der Waals surface area contributed by atoms with Crippen LogP contribution in [0.15, 0.2) is 194 Å². The SMILES string of the molecule is Cc1ccccc1-c1cc(-c2ccc3c(c2)c2cc(C(C)(C)C)ccc2n3-c2ccccc2)ccc1NC/C(=C\N)c1cccc(-c2cccc(-c3ccccc3)c2)c1. The van der Waals surface area contributed by atoms with Crippen molar-refractivity contribution in [1.82, 2.24) is 4.57 Å². The Balaban J connectivity index is 1.07. The molecule has 9 aromatic rings. The first kappa shape index (κ1) is 37.5. The Morgan fingerprint density at radius 3 is 1.83 bits per heavy atom. The monoisotopic (exact) mass is 763 g/mol. The number of aryl methyl sites for hydroxylation is 1. The van der Waals surface area contributed by atoms with Gasteiger partial charge in [0.15, 0.2) is 0 Å². The second-order valence-electron chi connectivity index (χ2n) is 16.5. The van der Waals surface area contributed by atoms with Crippen molar-refractivity contribution in [3.8, 4) is 50.2 Å². The molecule has 3 N–H and O–H groups in total. The van der Waals surface area contributed by atoms with Gasteiger partial charge in [-0.1, -0.05) is 148 Å². The lowest BCUT2D eigenvalue weighted by atomic mass is 9.86. The molecule has 0 unspecified atom stereocenters. The largest absolute Gasteiger partial charge is 0.404 e. The van der Waals surface area contributed by atoms with E-state index in [1.807, 2.05) is 0 Å². The van der Waals surface area contributed by atoms with Gasteiger partial charge in [-0.15, -0.1) is 0 Å². The Hall–Kier alpha value is -7.10. The number of nitrogens with zero attached hydrogens (tertiary/aromatic N) is 1. The van der Waals surface area contributed by atoms with E-state index in [0.717, 1.165) is 33.6 Å². The smallest absolute Gasteiger partial charge is 0.0541 e. The Morgan fingerprint density at radius 2 is 1.10 bits per heavy atom. The van der Waals surface area contributed by atoms with Crippen LogP contribution in [0.1, 0.15) is 37.5 Å². The van der Waals surface area contributed by atoms with Gasteiger partial charge in [-0.2, -0.15) is 0 Å². The van der Waals surface area contributed by atoms with Crippen LogP contribution in [-0.2, 0) is 5.41 Å². The number of para-hydroxylation sites is 1. The Bertz CT molecular complexity index is 2980. The van der Waals surface area contributed by atoms with Gasteiger partial charge in [-0.25, -0.2) is 0 Å². The van der Waals surface area contributed by atoms with Gasteiger partial charge >= 0.3 is 0 Å². The Morgan fingerprint density at radius 1 is 0.525 bits per heavy atom. The first-order valence-electron chi connectivity index (χ1n) is 20.5. The lowest BCUT2D eigenvalue weighted by Gasteiger charge is -2.19. The van der Waals surface area contributed by atoms with Crippen molar-refractivity contribution >= 4 is 33.1 Å². The maximum atomic E-state index is 6.38. The van der Waals surface area contributed by atoms with Gasteiger partial charge in [0.25, 0.3) is 0 Å². The number of nitrogens with two attached hydrogens (primary N) is 1. The Kier molecular flexibility index (Phi) is 9.96. The molecule has 0 aliphatic heterocycles. The van der Waals surface area contributed by atoms with Crippen molar-refractivity contribution in [2.24, 2.45) is 5.73 Å². The number of fused-ring (bicyclic) bond motifs is 3. The molecule has 0 bridgehead atoms. The van der Waals surface area contributed by atoms with Gasteiger partial charge in [0.2, 0.25) is 0 Å². The summed E-state index contributed by atoms with van der Waals surface area (Å²) in [6, 6.07) is 68.0. The zero-order valence-electron chi connectivity index (χ0n) is 34.2. The number of anilines is 1. The van der Waals surface area contributed by atoms with Crippen molar-refractivity contribution in [3.63, 3.8) is 0 Å². The van der Waals surface area contributed by atoms with Gasteiger partial charge < -0.3 is 15.6 Å². The molecule has 3 nitrogen and oxygen atoms in total. The first-order chi connectivity index (χ1) is 28.7. The third kappa shape index (κ3) is 7.44. The summed E-state index contributed by atoms with van der Waals surface area (Å²) in [7, 11) is 0. The molecule has 8 aromatic carbocycles. The number of rotatable bonds is 9. The molecule has 0 saturated heterocycles. The predicted octanol–water partition coefficient (Wildman–Crippen LogP) is 14.5. The zero-order chi connectivity index (χ0) is 40.5. The van der Waals surface area contributed by atoms with Crippen molar-refractivity contribution in [2.45, 2.75) is 33.1 Å². The van der Waals surface area contributed by atoms with Crippen LogP contribution in [0.3, 0.4) is 0 Å². The second-order valence-corrected chi connectivity index (χ2v) is 16.5. The molecule has 0 saturated carbocycles. The summed E-state index contributed by atoms with van der Waals surface area (Å²) in [4.78, 5) is 0. The number of hydrogen-bond donors (Lipinski definition) is 2. The van der Waals surface area contributed by atoms with Crippen molar-refractivity contribution in [1.29, 1.82) is 0 Å². The van der Waals surface area contributed by atoms with Gasteiger partial charge in [0, 0.05) is 34.3 Å². The molecule has 3 heteroatoms.